The second-order valence-corrected chi connectivity index (χ2v) is 2.99. The number of rotatable bonds is 3. The first-order valence-electron chi connectivity index (χ1n) is 4.43. The van der Waals surface area contributed by atoms with Gasteiger partial charge in [0.1, 0.15) is 6.10 Å². The average Bonchev–Trinajstić information content (AvgIpc) is 2.19. The van der Waals surface area contributed by atoms with Gasteiger partial charge in [-0.05, 0) is 19.1 Å². The molecule has 1 aromatic rings. The average molecular weight is 188 g/mol. The monoisotopic (exact) mass is 188 g/mol. The van der Waals surface area contributed by atoms with Crippen LogP contribution >= 0.6 is 0 Å². The second-order valence-electron chi connectivity index (χ2n) is 2.99. The summed E-state index contributed by atoms with van der Waals surface area (Å²) in [4.78, 5) is 11.4. The Morgan fingerprint density at radius 3 is 2.71 bits per heavy atom. The van der Waals surface area contributed by atoms with Crippen LogP contribution in [-0.4, -0.2) is 12.1 Å². The van der Waals surface area contributed by atoms with Crippen molar-refractivity contribution in [2.24, 2.45) is 0 Å². The molecular weight excluding hydrogens is 176 g/mol. The van der Waals surface area contributed by atoms with Crippen LogP contribution in [0.15, 0.2) is 30.3 Å². The minimum absolute atomic E-state index is 0.229. The Kier molecular flexibility index (Phi) is 3.75. The lowest BCUT2D eigenvalue weighted by atomic mass is 10.2. The van der Waals surface area contributed by atoms with Gasteiger partial charge in [-0.25, -0.2) is 4.79 Å². The molecule has 0 aliphatic carbocycles. The Morgan fingerprint density at radius 2 is 2.14 bits per heavy atom. The van der Waals surface area contributed by atoms with E-state index in [-0.39, 0.29) is 12.1 Å². The Labute approximate surface area is 83.9 Å². The summed E-state index contributed by atoms with van der Waals surface area (Å²) in [6, 6.07) is 8.86. The fraction of sp³-hybridized carbons (Fsp3) is 0.250. The van der Waals surface area contributed by atoms with Gasteiger partial charge < -0.3 is 4.74 Å². The SMILES string of the molecule is C#CCC(C)OC(=O)c1ccccc1. The minimum Gasteiger partial charge on any atom is -0.458 e. The van der Waals surface area contributed by atoms with Crippen molar-refractivity contribution in [1.29, 1.82) is 0 Å². The highest BCUT2D eigenvalue weighted by Gasteiger charge is 2.09. The summed E-state index contributed by atoms with van der Waals surface area (Å²) in [5, 5.41) is 0. The number of benzene rings is 1. The van der Waals surface area contributed by atoms with Crippen LogP contribution in [-0.2, 0) is 4.74 Å². The van der Waals surface area contributed by atoms with Crippen molar-refractivity contribution in [2.75, 3.05) is 0 Å². The molecule has 2 nitrogen and oxygen atoms in total. The number of hydrogen-bond acceptors (Lipinski definition) is 2. The van der Waals surface area contributed by atoms with Crippen molar-refractivity contribution < 1.29 is 9.53 Å². The van der Waals surface area contributed by atoms with E-state index in [1.54, 1.807) is 31.2 Å². The van der Waals surface area contributed by atoms with Crippen LogP contribution in [0.25, 0.3) is 0 Å². The number of terminal acetylenes is 1. The van der Waals surface area contributed by atoms with Crippen molar-refractivity contribution in [3.05, 3.63) is 35.9 Å². The molecule has 0 fully saturated rings. The van der Waals surface area contributed by atoms with Crippen molar-refractivity contribution in [3.63, 3.8) is 0 Å². The molecule has 0 amide bonds. The molecule has 0 aromatic heterocycles. The fourth-order valence-corrected chi connectivity index (χ4v) is 1.03. The zero-order chi connectivity index (χ0) is 10.4. The first kappa shape index (κ1) is 10.3. The van der Waals surface area contributed by atoms with E-state index in [2.05, 4.69) is 5.92 Å². The molecule has 0 saturated carbocycles. The van der Waals surface area contributed by atoms with Gasteiger partial charge >= 0.3 is 5.97 Å². The van der Waals surface area contributed by atoms with Crippen LogP contribution < -0.4 is 0 Å². The standard InChI is InChI=1S/C12H12O2/c1-3-7-10(2)14-12(13)11-8-5-4-6-9-11/h1,4-6,8-10H,7H2,2H3. The van der Waals surface area contributed by atoms with Gasteiger partial charge in [-0.15, -0.1) is 12.3 Å². The highest BCUT2D eigenvalue weighted by atomic mass is 16.5. The summed E-state index contributed by atoms with van der Waals surface area (Å²) in [7, 11) is 0. The third-order valence-corrected chi connectivity index (χ3v) is 1.72. The van der Waals surface area contributed by atoms with Gasteiger partial charge in [0.2, 0.25) is 0 Å². The molecule has 1 unspecified atom stereocenters. The summed E-state index contributed by atoms with van der Waals surface area (Å²) in [5.41, 5.74) is 0.552. The van der Waals surface area contributed by atoms with Gasteiger partial charge in [-0.1, -0.05) is 18.2 Å². The zero-order valence-electron chi connectivity index (χ0n) is 8.07. The smallest absolute Gasteiger partial charge is 0.338 e. The van der Waals surface area contributed by atoms with Crippen LogP contribution in [0.2, 0.25) is 0 Å². The minimum atomic E-state index is -0.326. The molecule has 0 heterocycles. The third-order valence-electron chi connectivity index (χ3n) is 1.72. The van der Waals surface area contributed by atoms with Gasteiger partial charge in [-0.3, -0.25) is 0 Å². The molecule has 1 rings (SSSR count). The first-order valence-corrected chi connectivity index (χ1v) is 4.43. The Morgan fingerprint density at radius 1 is 1.50 bits per heavy atom. The van der Waals surface area contributed by atoms with E-state index in [1.165, 1.54) is 0 Å². The van der Waals surface area contributed by atoms with E-state index in [4.69, 9.17) is 11.2 Å². The third kappa shape index (κ3) is 2.95. The maximum absolute atomic E-state index is 11.4. The normalized spacial score (nSPS) is 11.4. The van der Waals surface area contributed by atoms with Gasteiger partial charge in [-0.2, -0.15) is 0 Å². The molecule has 2 heteroatoms. The Hall–Kier alpha value is -1.75. The lowest BCUT2D eigenvalue weighted by Gasteiger charge is -2.09. The largest absolute Gasteiger partial charge is 0.458 e. The van der Waals surface area contributed by atoms with Crippen LogP contribution in [0.3, 0.4) is 0 Å². The number of esters is 1. The quantitative estimate of drug-likeness (QED) is 0.537. The molecule has 1 atom stereocenters. The van der Waals surface area contributed by atoms with Crippen LogP contribution in [0.1, 0.15) is 23.7 Å². The lowest BCUT2D eigenvalue weighted by molar-refractivity contribution is 0.0352. The summed E-state index contributed by atoms with van der Waals surface area (Å²) in [6.07, 6.45) is 5.32. The molecule has 0 aliphatic rings. The summed E-state index contributed by atoms with van der Waals surface area (Å²) >= 11 is 0. The van der Waals surface area contributed by atoms with Crippen molar-refractivity contribution in [2.45, 2.75) is 19.4 Å². The molecule has 0 radical (unpaired) electrons. The summed E-state index contributed by atoms with van der Waals surface area (Å²) in [6.45, 7) is 1.78. The van der Waals surface area contributed by atoms with Crippen molar-refractivity contribution in [3.8, 4) is 12.3 Å². The highest BCUT2D eigenvalue weighted by molar-refractivity contribution is 5.89. The number of hydrogen-bond donors (Lipinski definition) is 0. The van der Waals surface area contributed by atoms with Gasteiger partial charge in [0.25, 0.3) is 0 Å². The topological polar surface area (TPSA) is 26.3 Å². The predicted octanol–water partition coefficient (Wildman–Crippen LogP) is 2.26. The fourth-order valence-electron chi connectivity index (χ4n) is 1.03. The molecule has 0 saturated heterocycles. The van der Waals surface area contributed by atoms with E-state index in [0.717, 1.165) is 0 Å². The van der Waals surface area contributed by atoms with Crippen LogP contribution in [0.5, 0.6) is 0 Å². The van der Waals surface area contributed by atoms with Crippen LogP contribution in [0, 0.1) is 12.3 Å². The molecule has 14 heavy (non-hydrogen) atoms. The molecule has 0 aliphatic heterocycles. The van der Waals surface area contributed by atoms with Gasteiger partial charge in [0.15, 0.2) is 0 Å². The molecule has 72 valence electrons. The van der Waals surface area contributed by atoms with Gasteiger partial charge in [0.05, 0.1) is 5.56 Å². The molecular formula is C12H12O2. The Bertz CT molecular complexity index is 335. The van der Waals surface area contributed by atoms with E-state index >= 15 is 0 Å². The van der Waals surface area contributed by atoms with Gasteiger partial charge in [0, 0.05) is 6.42 Å². The van der Waals surface area contributed by atoms with Crippen LogP contribution in [0.4, 0.5) is 0 Å². The molecule has 0 N–H and O–H groups in total. The lowest BCUT2D eigenvalue weighted by Crippen LogP contribution is -2.14. The first-order chi connectivity index (χ1) is 6.74. The maximum atomic E-state index is 11.4. The summed E-state index contributed by atoms with van der Waals surface area (Å²) < 4.78 is 5.10. The number of ether oxygens (including phenoxy) is 1. The zero-order valence-corrected chi connectivity index (χ0v) is 8.07. The second kappa shape index (κ2) is 5.08. The maximum Gasteiger partial charge on any atom is 0.338 e. The van der Waals surface area contributed by atoms with E-state index in [0.29, 0.717) is 12.0 Å². The van der Waals surface area contributed by atoms with E-state index in [9.17, 15) is 4.79 Å². The van der Waals surface area contributed by atoms with E-state index in [1.807, 2.05) is 6.07 Å². The van der Waals surface area contributed by atoms with Crippen molar-refractivity contribution in [1.82, 2.24) is 0 Å². The predicted molar refractivity (Wildman–Crippen MR) is 54.8 cm³/mol. The Balaban J connectivity index is 2.56. The molecule has 0 bridgehead atoms. The summed E-state index contributed by atoms with van der Waals surface area (Å²) in [5.74, 6) is 2.12. The van der Waals surface area contributed by atoms with E-state index < -0.39 is 0 Å². The molecule has 0 spiro atoms. The van der Waals surface area contributed by atoms with Crippen molar-refractivity contribution >= 4 is 5.97 Å². The number of carbonyl (C=O) groups excluding carboxylic acids is 1. The molecule has 1 aromatic carbocycles. The number of carbonyl (C=O) groups is 1. The highest BCUT2D eigenvalue weighted by Crippen LogP contribution is 2.05.